The number of nitrogen functional groups attached to an aromatic ring is 1. The molecule has 1 aliphatic heterocycles. The fraction of sp³-hybridized carbons (Fsp3) is 0.476. The van der Waals surface area contributed by atoms with Crippen LogP contribution in [0.3, 0.4) is 0 Å². The molecule has 1 aromatic heterocycles. The highest BCUT2D eigenvalue weighted by atomic mass is 19.1. The van der Waals surface area contributed by atoms with E-state index in [4.69, 9.17) is 15.9 Å². The van der Waals surface area contributed by atoms with Crippen LogP contribution in [-0.4, -0.2) is 38.8 Å². The van der Waals surface area contributed by atoms with Crippen molar-refractivity contribution >= 4 is 11.9 Å². The zero-order chi connectivity index (χ0) is 21.7. The number of hydrogen-bond acceptors (Lipinski definition) is 4. The number of nitrogens with two attached hydrogens (primary N) is 1. The predicted molar refractivity (Wildman–Crippen MR) is 109 cm³/mol. The maximum Gasteiger partial charge on any atom is 0.410 e. The van der Waals surface area contributed by atoms with Gasteiger partial charge in [0.15, 0.2) is 0 Å². The second-order valence-corrected chi connectivity index (χ2v) is 8.53. The number of rotatable bonds is 2. The Kier molecular flexibility index (Phi) is 5.15. The Bertz CT molecular complexity index is 967. The number of nitrogens with one attached hydrogen (secondary N) is 1. The second-order valence-electron chi connectivity index (χ2n) is 8.53. The maximum absolute atomic E-state index is 14.1. The number of fused-ring (bicyclic) bond motifs is 1. The molecule has 2 aromatic rings. The van der Waals surface area contributed by atoms with Crippen molar-refractivity contribution in [2.75, 3.05) is 6.54 Å². The summed E-state index contributed by atoms with van der Waals surface area (Å²) in [5.74, 6) is -0.421. The molecule has 3 rings (SSSR count). The van der Waals surface area contributed by atoms with Gasteiger partial charge in [0.05, 0.1) is 17.4 Å². The van der Waals surface area contributed by atoms with Gasteiger partial charge in [-0.1, -0.05) is 0 Å². The number of aromatic nitrogens is 2. The molecule has 29 heavy (non-hydrogen) atoms. The van der Waals surface area contributed by atoms with Crippen LogP contribution < -0.4 is 5.73 Å². The molecule has 2 heterocycles. The molecule has 0 radical (unpaired) electrons. The van der Waals surface area contributed by atoms with Crippen molar-refractivity contribution in [1.82, 2.24) is 14.7 Å². The molecule has 0 spiro atoms. The van der Waals surface area contributed by atoms with Crippen LogP contribution in [0, 0.1) is 25.1 Å². The van der Waals surface area contributed by atoms with Crippen LogP contribution in [0.1, 0.15) is 61.8 Å². The second kappa shape index (κ2) is 7.17. The molecule has 3 N–H and O–H groups in total. The smallest absolute Gasteiger partial charge is 0.410 e. The molecule has 7 nitrogen and oxygen atoms in total. The summed E-state index contributed by atoms with van der Waals surface area (Å²) >= 11 is 0. The highest BCUT2D eigenvalue weighted by Gasteiger charge is 2.36. The van der Waals surface area contributed by atoms with E-state index in [-0.39, 0.29) is 17.7 Å². The number of amidine groups is 1. The number of carbonyl (C=O) groups excluding carboxylic acids is 1. The Hall–Kier alpha value is -2.90. The highest BCUT2D eigenvalue weighted by Crippen LogP contribution is 2.34. The minimum Gasteiger partial charge on any atom is -0.444 e. The van der Waals surface area contributed by atoms with Crippen LogP contribution in [0.15, 0.2) is 12.1 Å². The zero-order valence-corrected chi connectivity index (χ0v) is 17.8. The molecular weight excluding hydrogens is 373 g/mol. The Morgan fingerprint density at radius 1 is 1.31 bits per heavy atom. The Morgan fingerprint density at radius 3 is 2.41 bits per heavy atom. The molecule has 0 fully saturated rings. The van der Waals surface area contributed by atoms with Gasteiger partial charge in [0, 0.05) is 18.5 Å². The topological polar surface area (TPSA) is 97.2 Å². The van der Waals surface area contributed by atoms with E-state index in [1.165, 1.54) is 0 Å². The fourth-order valence-electron chi connectivity index (χ4n) is 3.74. The van der Waals surface area contributed by atoms with E-state index in [1.54, 1.807) is 35.6 Å². The number of halogens is 1. The van der Waals surface area contributed by atoms with Gasteiger partial charge in [-0.25, -0.2) is 13.9 Å². The van der Waals surface area contributed by atoms with Gasteiger partial charge in [-0.05, 0) is 64.8 Å². The Labute approximate surface area is 170 Å². The van der Waals surface area contributed by atoms with Crippen LogP contribution in [0.2, 0.25) is 0 Å². The van der Waals surface area contributed by atoms with Crippen LogP contribution in [-0.2, 0) is 11.2 Å². The highest BCUT2D eigenvalue weighted by molar-refractivity contribution is 5.96. The van der Waals surface area contributed by atoms with Crippen molar-refractivity contribution in [3.8, 4) is 5.69 Å². The number of aryl methyl sites for hydroxylation is 2. The van der Waals surface area contributed by atoms with Crippen LogP contribution in [0.4, 0.5) is 9.18 Å². The molecule has 0 aliphatic carbocycles. The number of amides is 1. The molecule has 1 amide bonds. The quantitative estimate of drug-likeness (QED) is 0.591. The first kappa shape index (κ1) is 20.8. The lowest BCUT2D eigenvalue weighted by molar-refractivity contribution is 0.0159. The van der Waals surface area contributed by atoms with E-state index < -0.39 is 11.7 Å². The summed E-state index contributed by atoms with van der Waals surface area (Å²) in [6, 6.07) is 3.01. The molecule has 156 valence electrons. The van der Waals surface area contributed by atoms with E-state index >= 15 is 0 Å². The molecule has 0 unspecified atom stereocenters. The van der Waals surface area contributed by atoms with Crippen LogP contribution in [0.25, 0.3) is 5.69 Å². The molecule has 0 saturated heterocycles. The van der Waals surface area contributed by atoms with Crippen LogP contribution >= 0.6 is 0 Å². The first-order valence-corrected chi connectivity index (χ1v) is 9.63. The summed E-state index contributed by atoms with van der Waals surface area (Å²) in [6.07, 6.45) is 0.108. The number of ether oxygens (including phenoxy) is 1. The largest absolute Gasteiger partial charge is 0.444 e. The predicted octanol–water partition coefficient (Wildman–Crippen LogP) is 3.77. The number of hydrogen-bond donors (Lipinski definition) is 2. The normalized spacial score (nSPS) is 16.5. The van der Waals surface area contributed by atoms with E-state index in [9.17, 15) is 9.18 Å². The number of nitrogens with zero attached hydrogens (tertiary/aromatic N) is 3. The minimum absolute atomic E-state index is 0.156. The third kappa shape index (κ3) is 3.83. The lowest BCUT2D eigenvalue weighted by Gasteiger charge is -2.34. The van der Waals surface area contributed by atoms with Crippen molar-refractivity contribution < 1.29 is 13.9 Å². The van der Waals surface area contributed by atoms with E-state index in [1.807, 2.05) is 27.7 Å². The molecule has 1 aliphatic rings. The van der Waals surface area contributed by atoms with E-state index in [0.717, 1.165) is 11.3 Å². The third-order valence-electron chi connectivity index (χ3n) is 5.02. The zero-order valence-electron chi connectivity index (χ0n) is 17.8. The van der Waals surface area contributed by atoms with E-state index in [0.29, 0.717) is 35.5 Å². The summed E-state index contributed by atoms with van der Waals surface area (Å²) < 4.78 is 21.2. The van der Waals surface area contributed by atoms with Crippen molar-refractivity contribution in [1.29, 1.82) is 5.41 Å². The Morgan fingerprint density at radius 2 is 1.90 bits per heavy atom. The van der Waals surface area contributed by atoms with Crippen molar-refractivity contribution in [3.63, 3.8) is 0 Å². The molecule has 1 aromatic carbocycles. The summed E-state index contributed by atoms with van der Waals surface area (Å²) in [6.45, 7) is 11.2. The average molecular weight is 401 g/mol. The van der Waals surface area contributed by atoms with Gasteiger partial charge < -0.3 is 15.4 Å². The molecule has 0 saturated carbocycles. The SMILES string of the molecule is Cc1cc(-n2nc3c(c2C(=N)N)[C@H](C)N(C(=O)OC(C)(C)C)CC3)cc(C)c1F. The minimum atomic E-state index is -0.603. The van der Waals surface area contributed by atoms with Gasteiger partial charge in [-0.15, -0.1) is 0 Å². The van der Waals surface area contributed by atoms with Gasteiger partial charge in [0.25, 0.3) is 0 Å². The molecular formula is C21H28FN5O2. The van der Waals surface area contributed by atoms with Gasteiger partial charge in [0.1, 0.15) is 22.9 Å². The standard InChI is InChI=1S/C21H28FN5O2/c1-11-9-14(10-12(2)17(11)22)27-18(19(23)24)16-13(3)26(8-7-15(16)25-27)20(28)29-21(4,5)6/h9-10,13H,7-8H2,1-6H3,(H3,23,24)/t13-/m0/s1. The first-order chi connectivity index (χ1) is 13.4. The van der Waals surface area contributed by atoms with Crippen molar-refractivity contribution in [2.45, 2.75) is 59.6 Å². The lowest BCUT2D eigenvalue weighted by Crippen LogP contribution is -2.42. The van der Waals surface area contributed by atoms with E-state index in [2.05, 4.69) is 5.10 Å². The summed E-state index contributed by atoms with van der Waals surface area (Å²) in [4.78, 5) is 14.3. The van der Waals surface area contributed by atoms with Gasteiger partial charge in [0.2, 0.25) is 0 Å². The van der Waals surface area contributed by atoms with Gasteiger partial charge in [-0.3, -0.25) is 5.41 Å². The van der Waals surface area contributed by atoms with Crippen molar-refractivity contribution in [2.24, 2.45) is 5.73 Å². The monoisotopic (exact) mass is 401 g/mol. The van der Waals surface area contributed by atoms with Crippen molar-refractivity contribution in [3.05, 3.63) is 46.0 Å². The summed E-state index contributed by atoms with van der Waals surface area (Å²) in [5, 5.41) is 12.8. The van der Waals surface area contributed by atoms with Gasteiger partial charge in [-0.2, -0.15) is 5.10 Å². The van der Waals surface area contributed by atoms with Crippen LogP contribution in [0.5, 0.6) is 0 Å². The average Bonchev–Trinajstić information content (AvgIpc) is 2.98. The molecule has 0 bridgehead atoms. The summed E-state index contributed by atoms with van der Waals surface area (Å²) in [7, 11) is 0. The Balaban J connectivity index is 2.09. The maximum atomic E-state index is 14.1. The third-order valence-corrected chi connectivity index (χ3v) is 5.02. The summed E-state index contributed by atoms with van der Waals surface area (Å²) in [5.41, 5.74) is 8.88. The van der Waals surface area contributed by atoms with Gasteiger partial charge >= 0.3 is 6.09 Å². The number of carbonyl (C=O) groups is 1. The lowest BCUT2D eigenvalue weighted by atomic mass is 9.97. The fourth-order valence-corrected chi connectivity index (χ4v) is 3.74. The molecule has 1 atom stereocenters. The molecule has 8 heteroatoms. The number of benzene rings is 1. The first-order valence-electron chi connectivity index (χ1n) is 9.63.